The van der Waals surface area contributed by atoms with Crippen molar-refractivity contribution >= 4 is 23.3 Å². The second kappa shape index (κ2) is 4.17. The molecule has 0 spiro atoms. The summed E-state index contributed by atoms with van der Waals surface area (Å²) in [4.78, 5) is 38.4. The summed E-state index contributed by atoms with van der Waals surface area (Å²) in [7, 11) is 0. The van der Waals surface area contributed by atoms with Crippen LogP contribution in [0.25, 0.3) is 0 Å². The SMILES string of the molecule is CC(=O)c1ccc(N2C(=O)[C@H]3[C@H](C2=O)[C@]2(C)C=C[C@]3(C)O2)cc1. The lowest BCUT2D eigenvalue weighted by atomic mass is 9.73. The number of carbonyl (C=O) groups excluding carboxylic acids is 3. The molecule has 1 aromatic carbocycles. The minimum Gasteiger partial charge on any atom is -0.359 e. The number of benzene rings is 1. The normalized spacial score (nSPS) is 37.6. The van der Waals surface area contributed by atoms with Crippen LogP contribution in [0.1, 0.15) is 31.1 Å². The Morgan fingerprint density at radius 2 is 1.48 bits per heavy atom. The van der Waals surface area contributed by atoms with E-state index in [0.717, 1.165) is 0 Å². The Hall–Kier alpha value is -2.27. The summed E-state index contributed by atoms with van der Waals surface area (Å²) in [6, 6.07) is 6.57. The molecule has 0 N–H and O–H groups in total. The average Bonchev–Trinajstić information content (AvgIpc) is 3.04. The maximum atomic E-state index is 12.9. The van der Waals surface area contributed by atoms with E-state index in [0.29, 0.717) is 11.3 Å². The molecule has 3 aliphatic heterocycles. The number of amides is 2. The van der Waals surface area contributed by atoms with Crippen molar-refractivity contribution in [2.75, 3.05) is 4.90 Å². The number of anilines is 1. The van der Waals surface area contributed by atoms with Gasteiger partial charge in [-0.25, -0.2) is 4.90 Å². The summed E-state index contributed by atoms with van der Waals surface area (Å²) in [6.45, 7) is 5.19. The molecule has 2 fully saturated rings. The second-order valence-corrected chi connectivity index (χ2v) is 6.87. The lowest BCUT2D eigenvalue weighted by molar-refractivity contribution is -0.128. The number of ketones is 1. The van der Waals surface area contributed by atoms with Gasteiger partial charge in [0.15, 0.2) is 5.78 Å². The van der Waals surface area contributed by atoms with Crippen LogP contribution < -0.4 is 4.90 Å². The highest BCUT2D eigenvalue weighted by molar-refractivity contribution is 6.23. The van der Waals surface area contributed by atoms with Crippen molar-refractivity contribution in [2.45, 2.75) is 32.0 Å². The molecule has 3 aliphatic rings. The van der Waals surface area contributed by atoms with E-state index in [2.05, 4.69) is 0 Å². The van der Waals surface area contributed by atoms with Crippen LogP contribution in [0.15, 0.2) is 36.4 Å². The molecule has 0 radical (unpaired) electrons. The number of Topliss-reactive ketones (excluding diaryl/α,β-unsaturated/α-hetero) is 1. The Kier molecular flexibility index (Phi) is 2.60. The zero-order chi connectivity index (χ0) is 16.6. The van der Waals surface area contributed by atoms with Gasteiger partial charge in [-0.1, -0.05) is 12.2 Å². The summed E-state index contributed by atoms with van der Waals surface area (Å²) in [5, 5.41) is 0. The van der Waals surface area contributed by atoms with E-state index >= 15 is 0 Å². The van der Waals surface area contributed by atoms with Gasteiger partial charge in [0, 0.05) is 5.56 Å². The molecule has 0 unspecified atom stereocenters. The predicted octanol–water partition coefficient (Wildman–Crippen LogP) is 2.11. The second-order valence-electron chi connectivity index (χ2n) is 6.87. The molecule has 5 heteroatoms. The number of rotatable bonds is 2. The standard InChI is InChI=1S/C18H17NO4/c1-10(20)11-4-6-12(7-5-11)19-15(21)13-14(16(19)22)18(3)9-8-17(13,2)23-18/h4-9,13-14H,1-3H3/t13-,14-,17+,18+/m1/s1. The molecular weight excluding hydrogens is 294 g/mol. The fourth-order valence-electron chi connectivity index (χ4n) is 4.13. The van der Waals surface area contributed by atoms with E-state index in [9.17, 15) is 14.4 Å². The smallest absolute Gasteiger partial charge is 0.241 e. The number of fused-ring (bicyclic) bond motifs is 5. The topological polar surface area (TPSA) is 63.7 Å². The highest BCUT2D eigenvalue weighted by Crippen LogP contribution is 2.57. The summed E-state index contributed by atoms with van der Waals surface area (Å²) in [6.07, 6.45) is 3.78. The van der Waals surface area contributed by atoms with Crippen LogP contribution in [-0.4, -0.2) is 28.8 Å². The maximum Gasteiger partial charge on any atom is 0.241 e. The number of hydrogen-bond acceptors (Lipinski definition) is 4. The molecule has 5 nitrogen and oxygen atoms in total. The fourth-order valence-corrected chi connectivity index (χ4v) is 4.13. The minimum absolute atomic E-state index is 0.0526. The molecule has 1 aromatic rings. The van der Waals surface area contributed by atoms with Crippen molar-refractivity contribution in [2.24, 2.45) is 11.8 Å². The van der Waals surface area contributed by atoms with Gasteiger partial charge < -0.3 is 4.74 Å². The third-order valence-corrected chi connectivity index (χ3v) is 5.26. The lowest BCUT2D eigenvalue weighted by Crippen LogP contribution is -2.39. The van der Waals surface area contributed by atoms with Gasteiger partial charge >= 0.3 is 0 Å². The fraction of sp³-hybridized carbons (Fsp3) is 0.389. The Morgan fingerprint density at radius 3 is 1.91 bits per heavy atom. The molecule has 118 valence electrons. The maximum absolute atomic E-state index is 12.9. The summed E-state index contributed by atoms with van der Waals surface area (Å²) < 4.78 is 5.97. The van der Waals surface area contributed by atoms with Crippen LogP contribution in [0.5, 0.6) is 0 Å². The third-order valence-electron chi connectivity index (χ3n) is 5.26. The van der Waals surface area contributed by atoms with Crippen molar-refractivity contribution < 1.29 is 19.1 Å². The molecule has 2 saturated heterocycles. The third kappa shape index (κ3) is 1.68. The first kappa shape index (κ1) is 14.3. The Bertz CT molecular complexity index is 745. The van der Waals surface area contributed by atoms with E-state index in [-0.39, 0.29) is 17.6 Å². The Morgan fingerprint density at radius 1 is 1.00 bits per heavy atom. The molecule has 2 bridgehead atoms. The Labute approximate surface area is 133 Å². The van der Waals surface area contributed by atoms with Crippen LogP contribution in [0.4, 0.5) is 5.69 Å². The summed E-state index contributed by atoms with van der Waals surface area (Å²) in [5.74, 6) is -1.49. The first-order valence-corrected chi connectivity index (χ1v) is 7.66. The van der Waals surface area contributed by atoms with Crippen LogP contribution in [0.2, 0.25) is 0 Å². The van der Waals surface area contributed by atoms with E-state index in [1.807, 2.05) is 26.0 Å². The van der Waals surface area contributed by atoms with Gasteiger partial charge in [0.05, 0.1) is 28.7 Å². The Balaban J connectivity index is 1.75. The highest BCUT2D eigenvalue weighted by Gasteiger charge is 2.70. The molecule has 4 atom stereocenters. The van der Waals surface area contributed by atoms with Crippen LogP contribution in [0.3, 0.4) is 0 Å². The van der Waals surface area contributed by atoms with Gasteiger partial charge in [-0.15, -0.1) is 0 Å². The molecule has 4 rings (SSSR count). The van der Waals surface area contributed by atoms with Crippen molar-refractivity contribution in [1.82, 2.24) is 0 Å². The van der Waals surface area contributed by atoms with Crippen molar-refractivity contribution in [3.05, 3.63) is 42.0 Å². The monoisotopic (exact) mass is 311 g/mol. The van der Waals surface area contributed by atoms with Crippen LogP contribution >= 0.6 is 0 Å². The van der Waals surface area contributed by atoms with Crippen LogP contribution in [-0.2, 0) is 14.3 Å². The molecular formula is C18H17NO4. The molecule has 0 aromatic heterocycles. The molecule has 0 aliphatic carbocycles. The zero-order valence-electron chi connectivity index (χ0n) is 13.2. The largest absolute Gasteiger partial charge is 0.359 e. The van der Waals surface area contributed by atoms with E-state index in [1.165, 1.54) is 11.8 Å². The van der Waals surface area contributed by atoms with Gasteiger partial charge in [0.25, 0.3) is 0 Å². The minimum atomic E-state index is -0.722. The van der Waals surface area contributed by atoms with E-state index in [4.69, 9.17) is 4.74 Å². The predicted molar refractivity (Wildman–Crippen MR) is 83.0 cm³/mol. The molecule has 3 heterocycles. The van der Waals surface area contributed by atoms with Crippen LogP contribution in [0, 0.1) is 11.8 Å². The van der Waals surface area contributed by atoms with Gasteiger partial charge in [0.1, 0.15) is 0 Å². The molecule has 2 amide bonds. The van der Waals surface area contributed by atoms with Crippen molar-refractivity contribution in [3.63, 3.8) is 0 Å². The first-order valence-electron chi connectivity index (χ1n) is 7.66. The van der Waals surface area contributed by atoms with Crippen molar-refractivity contribution in [1.29, 1.82) is 0 Å². The quantitative estimate of drug-likeness (QED) is 0.477. The summed E-state index contributed by atoms with van der Waals surface area (Å²) in [5.41, 5.74) is -0.386. The number of hydrogen-bond donors (Lipinski definition) is 0. The highest BCUT2D eigenvalue weighted by atomic mass is 16.5. The summed E-state index contributed by atoms with van der Waals surface area (Å²) >= 11 is 0. The van der Waals surface area contributed by atoms with Gasteiger partial charge in [-0.05, 0) is 45.0 Å². The molecule has 0 saturated carbocycles. The average molecular weight is 311 g/mol. The number of ether oxygens (including phenoxy) is 1. The zero-order valence-corrected chi connectivity index (χ0v) is 13.2. The first-order chi connectivity index (χ1) is 10.8. The molecule has 23 heavy (non-hydrogen) atoms. The number of imide groups is 1. The van der Waals surface area contributed by atoms with E-state index < -0.39 is 23.0 Å². The van der Waals surface area contributed by atoms with E-state index in [1.54, 1.807) is 24.3 Å². The number of nitrogens with zero attached hydrogens (tertiary/aromatic N) is 1. The number of carbonyl (C=O) groups is 3. The van der Waals surface area contributed by atoms with Gasteiger partial charge in [-0.3, -0.25) is 14.4 Å². The van der Waals surface area contributed by atoms with Gasteiger partial charge in [0.2, 0.25) is 11.8 Å². The van der Waals surface area contributed by atoms with Gasteiger partial charge in [-0.2, -0.15) is 0 Å². The lowest BCUT2D eigenvalue weighted by Gasteiger charge is -2.25. The van der Waals surface area contributed by atoms with Crippen molar-refractivity contribution in [3.8, 4) is 0 Å².